The Hall–Kier alpha value is -0.710. The van der Waals surface area contributed by atoms with Crippen LogP contribution in [0.25, 0.3) is 0 Å². The lowest BCUT2D eigenvalue weighted by Crippen LogP contribution is -2.19. The van der Waals surface area contributed by atoms with E-state index >= 15 is 0 Å². The van der Waals surface area contributed by atoms with E-state index in [1.165, 1.54) is 0 Å². The predicted octanol–water partition coefficient (Wildman–Crippen LogP) is 2.45. The summed E-state index contributed by atoms with van der Waals surface area (Å²) in [7, 11) is 1.64. The Kier molecular flexibility index (Phi) is 5.75. The molecule has 1 heterocycles. The molecular weight excluding hydrogens is 256 g/mol. The van der Waals surface area contributed by atoms with Gasteiger partial charge in [0.05, 0.1) is 12.2 Å². The van der Waals surface area contributed by atoms with Crippen molar-refractivity contribution in [2.24, 2.45) is 11.8 Å². The van der Waals surface area contributed by atoms with E-state index in [2.05, 4.69) is 6.92 Å². The van der Waals surface area contributed by atoms with Gasteiger partial charge >= 0.3 is 0 Å². The smallest absolute Gasteiger partial charge is 0.157 e. The highest BCUT2D eigenvalue weighted by Gasteiger charge is 2.48. The van der Waals surface area contributed by atoms with Crippen molar-refractivity contribution >= 4 is 5.78 Å². The van der Waals surface area contributed by atoms with E-state index in [9.17, 15) is 9.90 Å². The van der Waals surface area contributed by atoms with Gasteiger partial charge < -0.3 is 14.6 Å². The van der Waals surface area contributed by atoms with E-state index in [0.29, 0.717) is 12.8 Å². The van der Waals surface area contributed by atoms with E-state index in [1.807, 2.05) is 6.08 Å². The van der Waals surface area contributed by atoms with E-state index in [4.69, 9.17) is 9.47 Å². The van der Waals surface area contributed by atoms with Crippen molar-refractivity contribution in [3.05, 3.63) is 12.2 Å². The summed E-state index contributed by atoms with van der Waals surface area (Å²) in [5, 5.41) is 10.1. The van der Waals surface area contributed by atoms with E-state index in [1.54, 1.807) is 13.2 Å². The summed E-state index contributed by atoms with van der Waals surface area (Å²) in [6.07, 6.45) is 8.29. The van der Waals surface area contributed by atoms with Gasteiger partial charge in [-0.05, 0) is 18.4 Å². The SMILES string of the molecule is CCCCCC(=O)C=CC1C(O)CC2OC(OC)CC21. The van der Waals surface area contributed by atoms with E-state index in [0.717, 1.165) is 25.7 Å². The summed E-state index contributed by atoms with van der Waals surface area (Å²) in [6, 6.07) is 0. The maximum absolute atomic E-state index is 11.8. The molecule has 114 valence electrons. The molecule has 1 N–H and O–H groups in total. The third-order valence-electron chi connectivity index (χ3n) is 4.48. The summed E-state index contributed by atoms with van der Waals surface area (Å²) in [6.45, 7) is 2.13. The molecule has 1 saturated carbocycles. The Morgan fingerprint density at radius 2 is 2.20 bits per heavy atom. The summed E-state index contributed by atoms with van der Waals surface area (Å²) in [5.74, 6) is 0.459. The Morgan fingerprint density at radius 1 is 1.40 bits per heavy atom. The molecular formula is C16H26O4. The lowest BCUT2D eigenvalue weighted by Gasteiger charge is -2.16. The first-order valence-corrected chi connectivity index (χ1v) is 7.73. The summed E-state index contributed by atoms with van der Waals surface area (Å²) >= 11 is 0. The van der Waals surface area contributed by atoms with Gasteiger partial charge in [0.25, 0.3) is 0 Å². The number of hydrogen-bond acceptors (Lipinski definition) is 4. The van der Waals surface area contributed by atoms with E-state index < -0.39 is 6.10 Å². The second-order valence-corrected chi connectivity index (χ2v) is 5.90. The van der Waals surface area contributed by atoms with Gasteiger partial charge in [-0.25, -0.2) is 0 Å². The predicted molar refractivity (Wildman–Crippen MR) is 76.2 cm³/mol. The highest BCUT2D eigenvalue weighted by Crippen LogP contribution is 2.44. The first-order chi connectivity index (χ1) is 9.65. The second kappa shape index (κ2) is 7.34. The highest BCUT2D eigenvalue weighted by atomic mass is 16.7. The Balaban J connectivity index is 1.86. The molecule has 2 aliphatic rings. The van der Waals surface area contributed by atoms with Crippen LogP contribution in [0.2, 0.25) is 0 Å². The molecule has 5 unspecified atom stereocenters. The lowest BCUT2D eigenvalue weighted by atomic mass is 9.91. The number of rotatable bonds is 7. The van der Waals surface area contributed by atoms with Crippen molar-refractivity contribution in [1.82, 2.24) is 0 Å². The number of ether oxygens (including phenoxy) is 2. The number of methoxy groups -OCH3 is 1. The molecule has 2 rings (SSSR count). The monoisotopic (exact) mass is 282 g/mol. The molecule has 1 aliphatic carbocycles. The largest absolute Gasteiger partial charge is 0.392 e. The minimum absolute atomic E-state index is 0.0234. The number of hydrogen-bond donors (Lipinski definition) is 1. The number of carbonyl (C=O) groups is 1. The minimum atomic E-state index is -0.400. The molecule has 0 spiro atoms. The number of allylic oxidation sites excluding steroid dienone is 1. The maximum Gasteiger partial charge on any atom is 0.157 e. The number of aliphatic hydroxyl groups excluding tert-OH is 1. The normalized spacial score (nSPS) is 36.6. The van der Waals surface area contributed by atoms with Crippen LogP contribution in [0.4, 0.5) is 0 Å². The Bertz CT molecular complexity index is 352. The second-order valence-electron chi connectivity index (χ2n) is 5.90. The molecule has 20 heavy (non-hydrogen) atoms. The molecule has 5 atom stereocenters. The summed E-state index contributed by atoms with van der Waals surface area (Å²) < 4.78 is 10.9. The van der Waals surface area contributed by atoms with Crippen LogP contribution in [0.1, 0.15) is 45.4 Å². The van der Waals surface area contributed by atoms with Crippen LogP contribution in [0.15, 0.2) is 12.2 Å². The first-order valence-electron chi connectivity index (χ1n) is 7.73. The number of unbranched alkanes of at least 4 members (excludes halogenated alkanes) is 2. The van der Waals surface area contributed by atoms with Crippen molar-refractivity contribution in [2.45, 2.75) is 63.9 Å². The van der Waals surface area contributed by atoms with Crippen molar-refractivity contribution in [3.63, 3.8) is 0 Å². The van der Waals surface area contributed by atoms with Gasteiger partial charge in [-0.1, -0.05) is 25.8 Å². The van der Waals surface area contributed by atoms with Gasteiger partial charge in [0, 0.05) is 32.3 Å². The van der Waals surface area contributed by atoms with Crippen molar-refractivity contribution < 1.29 is 19.4 Å². The lowest BCUT2D eigenvalue weighted by molar-refractivity contribution is -0.118. The molecule has 0 aromatic carbocycles. The molecule has 0 aromatic heterocycles. The molecule has 2 fully saturated rings. The minimum Gasteiger partial charge on any atom is -0.392 e. The highest BCUT2D eigenvalue weighted by molar-refractivity contribution is 5.89. The zero-order chi connectivity index (χ0) is 14.5. The quantitative estimate of drug-likeness (QED) is 0.575. The molecule has 4 nitrogen and oxygen atoms in total. The van der Waals surface area contributed by atoms with Crippen LogP contribution in [0.5, 0.6) is 0 Å². The number of fused-ring (bicyclic) bond motifs is 1. The third-order valence-corrected chi connectivity index (χ3v) is 4.48. The zero-order valence-electron chi connectivity index (χ0n) is 12.5. The number of carbonyl (C=O) groups excluding carboxylic acids is 1. The Morgan fingerprint density at radius 3 is 2.90 bits per heavy atom. The molecule has 1 aliphatic heterocycles. The van der Waals surface area contributed by atoms with Gasteiger partial charge in [0.1, 0.15) is 0 Å². The molecule has 0 bridgehead atoms. The average Bonchev–Trinajstić information content (AvgIpc) is 2.93. The van der Waals surface area contributed by atoms with Crippen LogP contribution in [0, 0.1) is 11.8 Å². The van der Waals surface area contributed by atoms with Gasteiger partial charge in [-0.3, -0.25) is 4.79 Å². The van der Waals surface area contributed by atoms with Crippen molar-refractivity contribution in [1.29, 1.82) is 0 Å². The average molecular weight is 282 g/mol. The fraction of sp³-hybridized carbons (Fsp3) is 0.812. The van der Waals surface area contributed by atoms with Crippen LogP contribution < -0.4 is 0 Å². The molecule has 0 amide bonds. The fourth-order valence-electron chi connectivity index (χ4n) is 3.32. The van der Waals surface area contributed by atoms with Crippen LogP contribution in [-0.4, -0.2) is 36.5 Å². The number of aliphatic hydroxyl groups is 1. The van der Waals surface area contributed by atoms with Crippen molar-refractivity contribution in [2.75, 3.05) is 7.11 Å². The van der Waals surface area contributed by atoms with Gasteiger partial charge in [0.2, 0.25) is 0 Å². The van der Waals surface area contributed by atoms with Crippen LogP contribution >= 0.6 is 0 Å². The maximum atomic E-state index is 11.8. The third kappa shape index (κ3) is 3.68. The molecule has 4 heteroatoms. The van der Waals surface area contributed by atoms with Crippen molar-refractivity contribution in [3.8, 4) is 0 Å². The topological polar surface area (TPSA) is 55.8 Å². The molecule has 1 saturated heterocycles. The van der Waals surface area contributed by atoms with Gasteiger partial charge in [-0.2, -0.15) is 0 Å². The van der Waals surface area contributed by atoms with Gasteiger partial charge in [0.15, 0.2) is 12.1 Å². The summed E-state index contributed by atoms with van der Waals surface area (Å²) in [4.78, 5) is 11.8. The standard InChI is InChI=1S/C16H26O4/c1-3-4-5-6-11(17)7-8-12-13-9-16(19-2)20-15(13)10-14(12)18/h7-8,12-16,18H,3-6,9-10H2,1-2H3. The van der Waals surface area contributed by atoms with Gasteiger partial charge in [-0.15, -0.1) is 0 Å². The zero-order valence-corrected chi connectivity index (χ0v) is 12.5. The summed E-state index contributed by atoms with van der Waals surface area (Å²) in [5.41, 5.74) is 0. The van der Waals surface area contributed by atoms with Crippen LogP contribution in [0.3, 0.4) is 0 Å². The molecule has 0 aromatic rings. The van der Waals surface area contributed by atoms with Crippen LogP contribution in [-0.2, 0) is 14.3 Å². The number of ketones is 1. The fourth-order valence-corrected chi connectivity index (χ4v) is 3.32. The Labute approximate surface area is 121 Å². The first kappa shape index (κ1) is 15.7. The molecule has 0 radical (unpaired) electrons. The van der Waals surface area contributed by atoms with E-state index in [-0.39, 0.29) is 30.0 Å².